The molecule has 0 saturated carbocycles. The summed E-state index contributed by atoms with van der Waals surface area (Å²) < 4.78 is 54.5. The highest BCUT2D eigenvalue weighted by Gasteiger charge is 2.61. The fourth-order valence-corrected chi connectivity index (χ4v) is 8.18. The lowest BCUT2D eigenvalue weighted by Crippen LogP contribution is -2.41. The molecule has 0 unspecified atom stereocenters. The van der Waals surface area contributed by atoms with Crippen molar-refractivity contribution in [2.24, 2.45) is 0 Å². The molecular weight excluding hydrogens is 700 g/mol. The molecule has 12 heteroatoms. The minimum absolute atomic E-state index is 0.0460. The highest BCUT2D eigenvalue weighted by molar-refractivity contribution is 6.54. The third-order valence-electron chi connectivity index (χ3n) is 14.8. The molecule has 0 bridgehead atoms. The molecule has 0 N–H and O–H groups in total. The van der Waals surface area contributed by atoms with Crippen molar-refractivity contribution < 1.29 is 37.2 Å². The van der Waals surface area contributed by atoms with Crippen molar-refractivity contribution in [2.75, 3.05) is 0 Å². The molecule has 6 rings (SSSR count). The van der Waals surface area contributed by atoms with E-state index in [0.29, 0.717) is 12.7 Å². The van der Waals surface area contributed by atoms with Gasteiger partial charge in [-0.05, 0) is 164 Å². The molecule has 0 spiro atoms. The predicted octanol–water partition coefficient (Wildman–Crippen LogP) is 10.5. The summed E-state index contributed by atoms with van der Waals surface area (Å²) in [5.41, 5.74) is -0.0955. The molecule has 0 amide bonds. The highest BCUT2D eigenvalue weighted by Crippen LogP contribution is 2.52. The molecule has 4 saturated heterocycles. The molecule has 8 nitrogen and oxygen atoms in total. The van der Waals surface area contributed by atoms with Gasteiger partial charge in [-0.3, -0.25) is 0 Å². The molecule has 4 fully saturated rings. The average Bonchev–Trinajstić information content (AvgIpc) is 3.62. The minimum atomic E-state index is -0.498. The lowest BCUT2D eigenvalue weighted by atomic mass is 9.51. The Labute approximate surface area is 341 Å². The first kappa shape index (κ1) is 43.9. The molecule has 0 aromatic heterocycles. The van der Waals surface area contributed by atoms with E-state index < -0.39 is 73.3 Å². The summed E-state index contributed by atoms with van der Waals surface area (Å²) in [5.74, 6) is -0.0871. The molecule has 56 heavy (non-hydrogen) atoms. The Hall–Kier alpha value is -1.62. The van der Waals surface area contributed by atoms with Crippen LogP contribution in [0.4, 0.5) is 0 Å². The molecule has 0 radical (unpaired) electrons. The van der Waals surface area contributed by atoms with Crippen LogP contribution in [0.5, 0.6) is 0 Å². The molecule has 2 aromatic carbocycles. The van der Waals surface area contributed by atoms with Crippen molar-refractivity contribution >= 4 is 28.5 Å². The van der Waals surface area contributed by atoms with Gasteiger partial charge in [-0.2, -0.15) is 0 Å². The Bertz CT molecular complexity index is 1590. The van der Waals surface area contributed by atoms with Crippen LogP contribution in [-0.4, -0.2) is 73.3 Å². The zero-order valence-electron chi connectivity index (χ0n) is 37.5. The Morgan fingerprint density at radius 2 is 0.732 bits per heavy atom. The third-order valence-corrected chi connectivity index (χ3v) is 14.8. The number of hydrogen-bond acceptors (Lipinski definition) is 8. The molecule has 3 atom stereocenters. The highest BCUT2D eigenvalue weighted by atomic mass is 16.7. The van der Waals surface area contributed by atoms with Gasteiger partial charge in [-0.1, -0.05) is 67.4 Å². The first-order valence-corrected chi connectivity index (χ1v) is 21.2. The van der Waals surface area contributed by atoms with Crippen molar-refractivity contribution in [2.45, 2.75) is 205 Å². The fraction of sp³-hybridized carbons (Fsp3) is 0.727. The van der Waals surface area contributed by atoms with E-state index in [1.54, 1.807) is 0 Å². The van der Waals surface area contributed by atoms with Gasteiger partial charge in [0.05, 0.1) is 44.8 Å². The second-order valence-corrected chi connectivity index (χ2v) is 21.1. The van der Waals surface area contributed by atoms with Gasteiger partial charge in [0.2, 0.25) is 0 Å². The quantitative estimate of drug-likeness (QED) is 0.187. The summed E-state index contributed by atoms with van der Waals surface area (Å²) in [6, 6.07) is 19.5. The minimum Gasteiger partial charge on any atom is -0.403 e. The van der Waals surface area contributed by atoms with Crippen LogP contribution < -0.4 is 0 Å². The summed E-state index contributed by atoms with van der Waals surface area (Å²) in [5, 5.41) is 0. The molecular formula is C44H70B4O8. The normalized spacial score (nSPS) is 26.8. The topological polar surface area (TPSA) is 73.8 Å². The number of rotatable bonds is 13. The van der Waals surface area contributed by atoms with Crippen molar-refractivity contribution in [3.05, 3.63) is 60.2 Å². The van der Waals surface area contributed by atoms with Crippen LogP contribution in [0.2, 0.25) is 23.8 Å². The van der Waals surface area contributed by atoms with Gasteiger partial charge in [-0.15, -0.1) is 0 Å². The standard InChI is InChI=1S/C44H70B4O8/c1-37(2)38(3,4)50-45(49-37)30-36(48-55-43(13,14)44(15,16)56-48)29-35(47-53-41(9,10)42(11,12)54-47)28-34(46-51-39(5,6)40(7,8)52-46)27-24-31-22-25-33(26-23-31)32-20-18-17-19-21-32/h17-23,25-26,34-36H,24,27-30H2,1-16H3/t34-,35-,36+/m0/s1. The van der Waals surface area contributed by atoms with E-state index in [1.807, 2.05) is 0 Å². The second-order valence-electron chi connectivity index (χ2n) is 21.1. The van der Waals surface area contributed by atoms with Gasteiger partial charge in [-0.25, -0.2) is 0 Å². The molecule has 4 aliphatic rings. The predicted molar refractivity (Wildman–Crippen MR) is 230 cm³/mol. The molecule has 0 aliphatic carbocycles. The van der Waals surface area contributed by atoms with Crippen LogP contribution in [0.25, 0.3) is 11.1 Å². The summed E-state index contributed by atoms with van der Waals surface area (Å²) >= 11 is 0. The summed E-state index contributed by atoms with van der Waals surface area (Å²) in [7, 11) is -1.74. The zero-order valence-corrected chi connectivity index (χ0v) is 37.5. The summed E-state index contributed by atoms with van der Waals surface area (Å²) in [4.78, 5) is 0. The lowest BCUT2D eigenvalue weighted by Gasteiger charge is -2.32. The van der Waals surface area contributed by atoms with Crippen LogP contribution in [-0.2, 0) is 43.7 Å². The van der Waals surface area contributed by atoms with Crippen LogP contribution in [0.15, 0.2) is 54.6 Å². The van der Waals surface area contributed by atoms with Gasteiger partial charge < -0.3 is 37.2 Å². The van der Waals surface area contributed by atoms with Crippen LogP contribution in [0.3, 0.4) is 0 Å². The van der Waals surface area contributed by atoms with Crippen LogP contribution in [0, 0.1) is 0 Å². The molecule has 306 valence electrons. The summed E-state index contributed by atoms with van der Waals surface area (Å²) in [6.45, 7) is 34.0. The van der Waals surface area contributed by atoms with Gasteiger partial charge in [0.15, 0.2) is 0 Å². The Morgan fingerprint density at radius 3 is 1.16 bits per heavy atom. The first-order valence-electron chi connectivity index (χ1n) is 21.2. The van der Waals surface area contributed by atoms with E-state index in [1.165, 1.54) is 16.7 Å². The fourth-order valence-electron chi connectivity index (χ4n) is 8.18. The number of benzene rings is 2. The first-order chi connectivity index (χ1) is 25.6. The van der Waals surface area contributed by atoms with Gasteiger partial charge >= 0.3 is 28.5 Å². The smallest absolute Gasteiger partial charge is 0.403 e. The zero-order chi connectivity index (χ0) is 41.3. The van der Waals surface area contributed by atoms with Crippen LogP contribution >= 0.6 is 0 Å². The Balaban J connectivity index is 1.32. The van der Waals surface area contributed by atoms with Crippen molar-refractivity contribution in [3.63, 3.8) is 0 Å². The largest absolute Gasteiger partial charge is 0.461 e. The van der Waals surface area contributed by atoms with Gasteiger partial charge in [0.1, 0.15) is 0 Å². The van der Waals surface area contributed by atoms with Gasteiger partial charge in [0.25, 0.3) is 0 Å². The SMILES string of the molecule is CC1(C)OB(C[C@@H](C[C@H](C[C@H](CCc2ccc(-c3ccccc3)cc2)B2OC(C)(C)C(C)(C)O2)B2OC(C)(C)C(C)(C)O2)B2OC(C)(C)C(C)(C)O2)OC1(C)C. The molecule has 4 aliphatic heterocycles. The third kappa shape index (κ3) is 8.80. The average molecular weight is 770 g/mol. The number of aryl methyl sites for hydroxylation is 1. The summed E-state index contributed by atoms with van der Waals surface area (Å²) in [6.07, 6.45) is 3.83. The van der Waals surface area contributed by atoms with E-state index in [0.717, 1.165) is 19.3 Å². The maximum atomic E-state index is 6.92. The Kier molecular flexibility index (Phi) is 11.9. The van der Waals surface area contributed by atoms with Crippen molar-refractivity contribution in [1.29, 1.82) is 0 Å². The monoisotopic (exact) mass is 771 g/mol. The maximum Gasteiger partial charge on any atom is 0.461 e. The van der Waals surface area contributed by atoms with Crippen LogP contribution in [0.1, 0.15) is 136 Å². The van der Waals surface area contributed by atoms with Crippen molar-refractivity contribution in [1.82, 2.24) is 0 Å². The van der Waals surface area contributed by atoms with E-state index in [2.05, 4.69) is 165 Å². The van der Waals surface area contributed by atoms with E-state index >= 15 is 0 Å². The van der Waals surface area contributed by atoms with E-state index in [9.17, 15) is 0 Å². The second kappa shape index (κ2) is 15.1. The van der Waals surface area contributed by atoms with Crippen molar-refractivity contribution in [3.8, 4) is 11.1 Å². The Morgan fingerprint density at radius 1 is 0.393 bits per heavy atom. The van der Waals surface area contributed by atoms with Gasteiger partial charge in [0, 0.05) is 0 Å². The molecule has 4 heterocycles. The van der Waals surface area contributed by atoms with E-state index in [-0.39, 0.29) is 17.5 Å². The maximum absolute atomic E-state index is 6.92. The number of hydrogen-bond donors (Lipinski definition) is 0. The lowest BCUT2D eigenvalue weighted by molar-refractivity contribution is 0.00578. The molecule has 2 aromatic rings. The van der Waals surface area contributed by atoms with E-state index in [4.69, 9.17) is 37.2 Å².